The van der Waals surface area contributed by atoms with Crippen LogP contribution in [0.4, 0.5) is 0 Å². The van der Waals surface area contributed by atoms with Gasteiger partial charge in [0.25, 0.3) is 0 Å². The second-order valence-corrected chi connectivity index (χ2v) is 15.6. The van der Waals surface area contributed by atoms with Gasteiger partial charge in [-0.25, -0.2) is 0 Å². The zero-order chi connectivity index (χ0) is 36.0. The van der Waals surface area contributed by atoms with E-state index in [-0.39, 0.29) is 0 Å². The first-order chi connectivity index (χ1) is 27.3. The molecule has 9 aromatic carbocycles. The molecule has 0 amide bonds. The van der Waals surface area contributed by atoms with Crippen LogP contribution in [0.5, 0.6) is 0 Å². The third kappa shape index (κ3) is 4.57. The SMILES string of the molecule is c1ccc(-c2ccc3c(c2)c2ccccc2n3-c2ccc(-c3ccc4c(c3)-c3cccc5c3c(cc3c5c5ccccc5n3-c3ccccc3)S4)cc2)cc1. The van der Waals surface area contributed by atoms with E-state index in [9.17, 15) is 0 Å². The van der Waals surface area contributed by atoms with Crippen molar-refractivity contribution in [3.8, 4) is 44.8 Å². The molecule has 0 radical (unpaired) electrons. The third-order valence-corrected chi connectivity index (χ3v) is 12.6. The molecule has 2 aromatic heterocycles. The molecule has 1 aliphatic rings. The first-order valence-corrected chi connectivity index (χ1v) is 19.7. The summed E-state index contributed by atoms with van der Waals surface area (Å²) in [6, 6.07) is 71.3. The van der Waals surface area contributed by atoms with Crippen molar-refractivity contribution in [3.63, 3.8) is 0 Å². The van der Waals surface area contributed by atoms with Crippen LogP contribution < -0.4 is 0 Å². The third-order valence-electron chi connectivity index (χ3n) is 11.5. The summed E-state index contributed by atoms with van der Waals surface area (Å²) >= 11 is 1.89. The van der Waals surface area contributed by atoms with Gasteiger partial charge in [-0.15, -0.1) is 0 Å². The van der Waals surface area contributed by atoms with Crippen LogP contribution in [0.2, 0.25) is 0 Å². The quantitative estimate of drug-likeness (QED) is 0.176. The molecule has 3 heterocycles. The van der Waals surface area contributed by atoms with Gasteiger partial charge in [-0.1, -0.05) is 139 Å². The Kier molecular flexibility index (Phi) is 6.60. The van der Waals surface area contributed by atoms with Crippen molar-refractivity contribution in [2.24, 2.45) is 0 Å². The van der Waals surface area contributed by atoms with E-state index in [2.05, 4.69) is 203 Å². The van der Waals surface area contributed by atoms with E-state index in [1.54, 1.807) is 0 Å². The van der Waals surface area contributed by atoms with E-state index < -0.39 is 0 Å². The van der Waals surface area contributed by atoms with E-state index in [1.807, 2.05) is 11.8 Å². The molecule has 0 fully saturated rings. The number of benzene rings is 9. The van der Waals surface area contributed by atoms with E-state index in [0.29, 0.717) is 0 Å². The van der Waals surface area contributed by atoms with Crippen LogP contribution in [0.1, 0.15) is 0 Å². The van der Waals surface area contributed by atoms with Gasteiger partial charge in [0.15, 0.2) is 0 Å². The molecule has 0 unspecified atom stereocenters. The minimum Gasteiger partial charge on any atom is -0.309 e. The summed E-state index contributed by atoms with van der Waals surface area (Å²) in [6.45, 7) is 0. The Bertz CT molecular complexity index is 3320. The number of para-hydroxylation sites is 3. The molecule has 0 aliphatic carbocycles. The van der Waals surface area contributed by atoms with E-state index >= 15 is 0 Å². The highest BCUT2D eigenvalue weighted by atomic mass is 32.2. The lowest BCUT2D eigenvalue weighted by atomic mass is 9.93. The van der Waals surface area contributed by atoms with Gasteiger partial charge in [0.1, 0.15) is 0 Å². The van der Waals surface area contributed by atoms with Gasteiger partial charge < -0.3 is 9.13 Å². The number of fused-ring (bicyclic) bond motifs is 9. The molecular formula is C52H32N2S. The molecule has 0 spiro atoms. The summed E-state index contributed by atoms with van der Waals surface area (Å²) in [6.07, 6.45) is 0. The molecule has 11 aromatic rings. The smallest absolute Gasteiger partial charge is 0.0558 e. The standard InChI is InChI=1S/C52H32N2S/c1-3-12-33(13-4-1)35-24-28-47-43(30-35)39-16-7-9-20-45(39)53(47)38-26-22-34(23-27-38)36-25-29-49-44(31-36)40-18-11-19-42-51-41-17-8-10-21-46(41)54(37-14-5-2-6-15-37)48(51)32-50(55-49)52(40)42/h1-32H. The second-order valence-electron chi connectivity index (χ2n) is 14.5. The largest absolute Gasteiger partial charge is 0.309 e. The highest BCUT2D eigenvalue weighted by molar-refractivity contribution is 7.99. The Morgan fingerprint density at radius 2 is 0.873 bits per heavy atom. The molecule has 0 atom stereocenters. The lowest BCUT2D eigenvalue weighted by Gasteiger charge is -2.22. The Morgan fingerprint density at radius 1 is 0.291 bits per heavy atom. The zero-order valence-electron chi connectivity index (χ0n) is 29.8. The first kappa shape index (κ1) is 30.6. The number of hydrogen-bond donors (Lipinski definition) is 0. The fourth-order valence-corrected chi connectivity index (χ4v) is 10.2. The lowest BCUT2D eigenvalue weighted by molar-refractivity contribution is 1.18. The Morgan fingerprint density at radius 3 is 1.69 bits per heavy atom. The molecule has 0 saturated heterocycles. The maximum absolute atomic E-state index is 2.43. The number of rotatable bonds is 4. The number of aromatic nitrogens is 2. The average molecular weight is 717 g/mol. The zero-order valence-corrected chi connectivity index (χ0v) is 30.6. The van der Waals surface area contributed by atoms with Crippen molar-refractivity contribution in [2.45, 2.75) is 9.79 Å². The summed E-state index contributed by atoms with van der Waals surface area (Å²) in [5.74, 6) is 0. The second kappa shape index (κ2) is 11.8. The summed E-state index contributed by atoms with van der Waals surface area (Å²) in [4.78, 5) is 2.60. The van der Waals surface area contributed by atoms with Crippen LogP contribution in [0.25, 0.3) is 99.1 Å². The van der Waals surface area contributed by atoms with Crippen molar-refractivity contribution >= 4 is 66.1 Å². The van der Waals surface area contributed by atoms with Crippen molar-refractivity contribution in [1.29, 1.82) is 0 Å². The van der Waals surface area contributed by atoms with Gasteiger partial charge in [0.05, 0.1) is 22.1 Å². The van der Waals surface area contributed by atoms with Gasteiger partial charge in [0.2, 0.25) is 0 Å². The maximum atomic E-state index is 2.43. The molecule has 3 heteroatoms. The van der Waals surface area contributed by atoms with Gasteiger partial charge >= 0.3 is 0 Å². The Balaban J connectivity index is 0.973. The minimum absolute atomic E-state index is 1.16. The highest BCUT2D eigenvalue weighted by Crippen LogP contribution is 2.52. The van der Waals surface area contributed by atoms with E-state index in [1.165, 1.54) is 103 Å². The van der Waals surface area contributed by atoms with Crippen LogP contribution in [-0.2, 0) is 0 Å². The maximum Gasteiger partial charge on any atom is 0.0558 e. The van der Waals surface area contributed by atoms with Crippen molar-refractivity contribution in [3.05, 3.63) is 194 Å². The predicted molar refractivity (Wildman–Crippen MR) is 233 cm³/mol. The van der Waals surface area contributed by atoms with Crippen LogP contribution in [0, 0.1) is 0 Å². The van der Waals surface area contributed by atoms with E-state index in [0.717, 1.165) is 5.69 Å². The molecule has 12 rings (SSSR count). The van der Waals surface area contributed by atoms with E-state index in [4.69, 9.17) is 0 Å². The lowest BCUT2D eigenvalue weighted by Crippen LogP contribution is -1.97. The molecule has 1 aliphatic heterocycles. The number of hydrogen-bond acceptors (Lipinski definition) is 1. The Labute approximate surface area is 322 Å². The van der Waals surface area contributed by atoms with Crippen molar-refractivity contribution in [1.82, 2.24) is 9.13 Å². The topological polar surface area (TPSA) is 9.86 Å². The van der Waals surface area contributed by atoms with Crippen LogP contribution in [0.15, 0.2) is 204 Å². The van der Waals surface area contributed by atoms with Crippen LogP contribution >= 0.6 is 11.8 Å². The molecule has 55 heavy (non-hydrogen) atoms. The van der Waals surface area contributed by atoms with Gasteiger partial charge in [0, 0.05) is 48.1 Å². The monoisotopic (exact) mass is 716 g/mol. The van der Waals surface area contributed by atoms with Crippen LogP contribution in [-0.4, -0.2) is 9.13 Å². The summed E-state index contributed by atoms with van der Waals surface area (Å²) in [7, 11) is 0. The van der Waals surface area contributed by atoms with Gasteiger partial charge in [-0.2, -0.15) is 0 Å². The highest BCUT2D eigenvalue weighted by Gasteiger charge is 2.24. The molecular weight excluding hydrogens is 685 g/mol. The fraction of sp³-hybridized carbons (Fsp3) is 0. The normalized spacial score (nSPS) is 12.3. The first-order valence-electron chi connectivity index (χ1n) is 18.8. The van der Waals surface area contributed by atoms with Crippen molar-refractivity contribution < 1.29 is 0 Å². The van der Waals surface area contributed by atoms with Crippen molar-refractivity contribution in [2.75, 3.05) is 0 Å². The van der Waals surface area contributed by atoms with Gasteiger partial charge in [-0.3, -0.25) is 0 Å². The molecule has 2 nitrogen and oxygen atoms in total. The molecule has 0 N–H and O–H groups in total. The summed E-state index contributed by atoms with van der Waals surface area (Å²) in [5, 5.41) is 7.79. The van der Waals surface area contributed by atoms with Gasteiger partial charge in [-0.05, 0) is 105 Å². The predicted octanol–water partition coefficient (Wildman–Crippen LogP) is 14.5. The summed E-state index contributed by atoms with van der Waals surface area (Å²) < 4.78 is 4.83. The minimum atomic E-state index is 1.16. The number of nitrogens with zero attached hydrogens (tertiary/aromatic N) is 2. The Hall–Kier alpha value is -6.81. The molecule has 0 bridgehead atoms. The van der Waals surface area contributed by atoms with Crippen LogP contribution in [0.3, 0.4) is 0 Å². The average Bonchev–Trinajstić information content (AvgIpc) is 3.77. The molecule has 0 saturated carbocycles. The summed E-state index contributed by atoms with van der Waals surface area (Å²) in [5.41, 5.74) is 14.8. The molecule has 256 valence electrons. The fourth-order valence-electron chi connectivity index (χ4n) is 9.05.